The molecule has 2 atom stereocenters. The Morgan fingerprint density at radius 3 is 2.89 bits per heavy atom. The van der Waals surface area contributed by atoms with Crippen LogP contribution in [-0.2, 0) is 0 Å². The summed E-state index contributed by atoms with van der Waals surface area (Å²) in [6, 6.07) is 4.23. The predicted molar refractivity (Wildman–Crippen MR) is 106 cm³/mol. The van der Waals surface area contributed by atoms with Crippen LogP contribution in [0.2, 0.25) is 0 Å². The van der Waals surface area contributed by atoms with Crippen LogP contribution in [0.1, 0.15) is 39.7 Å². The van der Waals surface area contributed by atoms with E-state index < -0.39 is 0 Å². The highest BCUT2D eigenvalue weighted by Crippen LogP contribution is 2.30. The fraction of sp³-hybridized carbons (Fsp3) is 0.550. The van der Waals surface area contributed by atoms with Gasteiger partial charge in [0, 0.05) is 43.5 Å². The molecule has 3 heterocycles. The van der Waals surface area contributed by atoms with Crippen molar-refractivity contribution in [2.24, 2.45) is 11.3 Å². The first-order valence-electron chi connectivity index (χ1n) is 9.48. The first kappa shape index (κ1) is 19.0. The third kappa shape index (κ3) is 4.16. The number of nitrogens with one attached hydrogen (secondary N) is 3. The summed E-state index contributed by atoms with van der Waals surface area (Å²) in [7, 11) is 0. The lowest BCUT2D eigenvalue weighted by molar-refractivity contribution is 0.201. The summed E-state index contributed by atoms with van der Waals surface area (Å²) in [5, 5.41) is 17.0. The van der Waals surface area contributed by atoms with Crippen molar-refractivity contribution in [3.05, 3.63) is 24.0 Å². The topological polar surface area (TPSA) is 96.8 Å². The zero-order chi connectivity index (χ0) is 19.6. The highest BCUT2D eigenvalue weighted by Gasteiger charge is 2.35. The minimum Gasteiger partial charge on any atom is -0.378 e. The maximum Gasteiger partial charge on any atom is 0.317 e. The van der Waals surface area contributed by atoms with Crippen LogP contribution in [0.3, 0.4) is 0 Å². The Morgan fingerprint density at radius 1 is 1.44 bits per heavy atom. The number of rotatable bonds is 4. The number of pyridine rings is 1. The van der Waals surface area contributed by atoms with Crippen LogP contribution in [0.25, 0.3) is 11.0 Å². The summed E-state index contributed by atoms with van der Waals surface area (Å²) < 4.78 is 0. The summed E-state index contributed by atoms with van der Waals surface area (Å²) >= 11 is 0. The quantitative estimate of drug-likeness (QED) is 0.771. The number of fused-ring (bicyclic) bond motifs is 1. The Bertz CT molecular complexity index is 859. The second-order valence-corrected chi connectivity index (χ2v) is 8.44. The number of nitrogens with zero attached hydrogens (tertiary/aromatic N) is 3. The van der Waals surface area contributed by atoms with Crippen molar-refractivity contribution in [2.75, 3.05) is 25.0 Å². The molecule has 0 bridgehead atoms. The summed E-state index contributed by atoms with van der Waals surface area (Å²) in [5.74, 6) is 0.332. The van der Waals surface area contributed by atoms with Crippen LogP contribution in [-0.4, -0.2) is 46.6 Å². The first-order chi connectivity index (χ1) is 12.8. The van der Waals surface area contributed by atoms with Crippen LogP contribution < -0.4 is 10.6 Å². The van der Waals surface area contributed by atoms with Crippen molar-refractivity contribution >= 4 is 22.8 Å². The number of carbonyl (C=O) groups excluding carboxylic acids is 1. The molecule has 0 unspecified atom stereocenters. The number of anilines is 1. The molecule has 3 N–H and O–H groups in total. The van der Waals surface area contributed by atoms with Gasteiger partial charge in [0.2, 0.25) is 0 Å². The van der Waals surface area contributed by atoms with Crippen molar-refractivity contribution in [2.45, 2.75) is 40.2 Å². The third-order valence-electron chi connectivity index (χ3n) is 5.06. The smallest absolute Gasteiger partial charge is 0.317 e. The second kappa shape index (κ2) is 7.47. The fourth-order valence-corrected chi connectivity index (χ4v) is 3.50. The molecule has 7 heteroatoms. The lowest BCUT2D eigenvalue weighted by Crippen LogP contribution is -2.42. The van der Waals surface area contributed by atoms with E-state index in [9.17, 15) is 10.1 Å². The number of hydrogen-bond donors (Lipinski definition) is 3. The van der Waals surface area contributed by atoms with Crippen LogP contribution >= 0.6 is 0 Å². The Labute approximate surface area is 160 Å². The third-order valence-corrected chi connectivity index (χ3v) is 5.06. The summed E-state index contributed by atoms with van der Waals surface area (Å²) in [6.07, 6.45) is 4.37. The number of carbonyl (C=O) groups is 1. The molecule has 0 spiro atoms. The van der Waals surface area contributed by atoms with E-state index in [4.69, 9.17) is 0 Å². The Morgan fingerprint density at radius 2 is 2.22 bits per heavy atom. The Hall–Kier alpha value is -2.75. The molecule has 2 amide bonds. The van der Waals surface area contributed by atoms with E-state index in [-0.39, 0.29) is 17.5 Å². The molecule has 144 valence electrons. The van der Waals surface area contributed by atoms with Crippen LogP contribution in [0.5, 0.6) is 0 Å². The van der Waals surface area contributed by atoms with Crippen molar-refractivity contribution in [1.82, 2.24) is 20.2 Å². The van der Waals surface area contributed by atoms with E-state index in [1.807, 2.05) is 17.2 Å². The number of hydrogen-bond acceptors (Lipinski definition) is 4. The highest BCUT2D eigenvalue weighted by molar-refractivity contribution is 5.92. The van der Waals surface area contributed by atoms with Crippen molar-refractivity contribution in [3.63, 3.8) is 0 Å². The van der Waals surface area contributed by atoms with Crippen molar-refractivity contribution in [3.8, 4) is 6.07 Å². The van der Waals surface area contributed by atoms with E-state index in [1.165, 1.54) is 0 Å². The fourth-order valence-electron chi connectivity index (χ4n) is 3.50. The standard InChI is InChI=1S/C20H28N6O/c1-5-13-10-26(19(27)24-12-20(2,3)4)11-16(13)25-17-14(8-21)9-23-18-15(17)6-7-22-18/h6-7,9,13,16H,5,10-12H2,1-4H3,(H,24,27)(H2,22,23,25)/t13-,16+/m1/s1. The summed E-state index contributed by atoms with van der Waals surface area (Å²) in [5.41, 5.74) is 2.12. The van der Waals surface area contributed by atoms with Gasteiger partial charge < -0.3 is 20.5 Å². The van der Waals surface area contributed by atoms with E-state index in [1.54, 1.807) is 6.20 Å². The SMILES string of the molecule is CC[C@@H]1CN(C(=O)NCC(C)(C)C)C[C@@H]1Nc1c(C#N)cnc2[nH]ccc12. The van der Waals surface area contributed by atoms with Crippen LogP contribution in [0.15, 0.2) is 18.5 Å². The van der Waals surface area contributed by atoms with Gasteiger partial charge in [0.15, 0.2) is 0 Å². The average molecular weight is 368 g/mol. The Kier molecular flexibility index (Phi) is 5.26. The van der Waals surface area contributed by atoms with Crippen LogP contribution in [0, 0.1) is 22.7 Å². The lowest BCUT2D eigenvalue weighted by atomic mass is 9.97. The molecule has 1 fully saturated rings. The van der Waals surface area contributed by atoms with Gasteiger partial charge in [0.25, 0.3) is 0 Å². The molecule has 0 radical (unpaired) electrons. The molecule has 1 saturated heterocycles. The molecule has 2 aromatic rings. The van der Waals surface area contributed by atoms with Gasteiger partial charge in [-0.2, -0.15) is 5.26 Å². The second-order valence-electron chi connectivity index (χ2n) is 8.44. The van der Waals surface area contributed by atoms with E-state index in [0.717, 1.165) is 23.1 Å². The predicted octanol–water partition coefficient (Wildman–Crippen LogP) is 3.31. The summed E-state index contributed by atoms with van der Waals surface area (Å²) in [4.78, 5) is 21.8. The van der Waals surface area contributed by atoms with Gasteiger partial charge in [0.05, 0.1) is 11.3 Å². The molecule has 3 rings (SSSR count). The van der Waals surface area contributed by atoms with Gasteiger partial charge in [-0.05, 0) is 23.8 Å². The van der Waals surface area contributed by atoms with Crippen LogP contribution in [0.4, 0.5) is 10.5 Å². The lowest BCUT2D eigenvalue weighted by Gasteiger charge is -2.23. The maximum absolute atomic E-state index is 12.6. The molecule has 1 aliphatic heterocycles. The monoisotopic (exact) mass is 368 g/mol. The van der Waals surface area contributed by atoms with Gasteiger partial charge in [-0.15, -0.1) is 0 Å². The molecule has 27 heavy (non-hydrogen) atoms. The molecule has 2 aromatic heterocycles. The maximum atomic E-state index is 12.6. The van der Waals surface area contributed by atoms with Gasteiger partial charge in [-0.25, -0.2) is 9.78 Å². The number of amides is 2. The number of likely N-dealkylation sites (tertiary alicyclic amines) is 1. The van der Waals surface area contributed by atoms with Gasteiger partial charge in [0.1, 0.15) is 11.7 Å². The molecule has 0 aromatic carbocycles. The van der Waals surface area contributed by atoms with E-state index >= 15 is 0 Å². The minimum atomic E-state index is -0.0188. The average Bonchev–Trinajstić information content (AvgIpc) is 3.26. The molecule has 7 nitrogen and oxygen atoms in total. The number of aromatic amines is 1. The highest BCUT2D eigenvalue weighted by atomic mass is 16.2. The number of nitriles is 1. The molecular weight excluding hydrogens is 340 g/mol. The number of urea groups is 1. The largest absolute Gasteiger partial charge is 0.378 e. The normalized spacial score (nSPS) is 19.9. The summed E-state index contributed by atoms with van der Waals surface area (Å²) in [6.45, 7) is 10.4. The molecular formula is C20H28N6O. The first-order valence-corrected chi connectivity index (χ1v) is 9.48. The van der Waals surface area contributed by atoms with Gasteiger partial charge >= 0.3 is 6.03 Å². The zero-order valence-corrected chi connectivity index (χ0v) is 16.5. The number of aromatic nitrogens is 2. The van der Waals surface area contributed by atoms with Crippen molar-refractivity contribution in [1.29, 1.82) is 5.26 Å². The zero-order valence-electron chi connectivity index (χ0n) is 16.5. The van der Waals surface area contributed by atoms with E-state index in [0.29, 0.717) is 31.1 Å². The number of H-pyrrole nitrogens is 1. The molecule has 0 saturated carbocycles. The van der Waals surface area contributed by atoms with E-state index in [2.05, 4.69) is 54.4 Å². The van der Waals surface area contributed by atoms with Gasteiger partial charge in [-0.3, -0.25) is 0 Å². The molecule has 1 aliphatic rings. The van der Waals surface area contributed by atoms with Crippen molar-refractivity contribution < 1.29 is 4.79 Å². The minimum absolute atomic E-state index is 0.0188. The molecule has 0 aliphatic carbocycles. The van der Waals surface area contributed by atoms with Gasteiger partial charge in [-0.1, -0.05) is 27.7 Å². The Balaban J connectivity index is 1.76.